The van der Waals surface area contributed by atoms with Crippen LogP contribution < -0.4 is 10.5 Å². The average molecular weight is 357 g/mol. The summed E-state index contributed by atoms with van der Waals surface area (Å²) < 4.78 is 16.2. The Labute approximate surface area is 152 Å². The predicted octanol–water partition coefficient (Wildman–Crippen LogP) is 2.10. The molecule has 6 nitrogen and oxygen atoms in total. The molecule has 3 N–H and O–H groups in total. The van der Waals surface area contributed by atoms with Crippen LogP contribution in [0.25, 0.3) is 0 Å². The molecule has 26 heavy (non-hydrogen) atoms. The molecule has 0 aromatic heterocycles. The molecular weight excluding hydrogens is 334 g/mol. The van der Waals surface area contributed by atoms with Crippen molar-refractivity contribution >= 4 is 5.78 Å². The lowest BCUT2D eigenvalue weighted by molar-refractivity contribution is -0.391. The van der Waals surface area contributed by atoms with Gasteiger partial charge in [0.05, 0.1) is 13.2 Å². The van der Waals surface area contributed by atoms with E-state index in [4.69, 9.17) is 19.9 Å². The van der Waals surface area contributed by atoms with Crippen molar-refractivity contribution < 1.29 is 24.1 Å². The zero-order valence-corrected chi connectivity index (χ0v) is 14.6. The number of aliphatic hydroxyl groups is 1. The lowest BCUT2D eigenvalue weighted by Gasteiger charge is -2.37. The monoisotopic (exact) mass is 357 g/mol. The van der Waals surface area contributed by atoms with Gasteiger partial charge in [0.25, 0.3) is 0 Å². The summed E-state index contributed by atoms with van der Waals surface area (Å²) >= 11 is 0. The van der Waals surface area contributed by atoms with E-state index in [-0.39, 0.29) is 19.1 Å². The standard InChI is InChI=1S/C20H23NO5/c1-14-11-25-20(23,26-12-14)19(21)18(22)16-7-9-17(10-8-16)24-13-15-5-3-2-4-6-15/h2-10,14,19,23H,11-13,21H2,1H3. The lowest BCUT2D eigenvalue weighted by atomic mass is 10.0. The summed E-state index contributed by atoms with van der Waals surface area (Å²) in [6.45, 7) is 2.92. The molecule has 0 amide bonds. The second-order valence-corrected chi connectivity index (χ2v) is 6.50. The summed E-state index contributed by atoms with van der Waals surface area (Å²) in [6, 6.07) is 15.1. The molecule has 1 unspecified atom stereocenters. The molecule has 6 heteroatoms. The zero-order chi connectivity index (χ0) is 18.6. The number of ketones is 1. The first-order valence-corrected chi connectivity index (χ1v) is 8.55. The highest BCUT2D eigenvalue weighted by atomic mass is 16.8. The van der Waals surface area contributed by atoms with Gasteiger partial charge in [0.2, 0.25) is 0 Å². The number of ether oxygens (including phenoxy) is 3. The highest BCUT2D eigenvalue weighted by molar-refractivity contribution is 6.00. The van der Waals surface area contributed by atoms with Crippen LogP contribution in [0.4, 0.5) is 0 Å². The van der Waals surface area contributed by atoms with Crippen LogP contribution >= 0.6 is 0 Å². The van der Waals surface area contributed by atoms with Crippen molar-refractivity contribution in [2.45, 2.75) is 25.5 Å². The Morgan fingerprint density at radius 1 is 1.19 bits per heavy atom. The summed E-state index contributed by atoms with van der Waals surface area (Å²) in [7, 11) is 0. The highest BCUT2D eigenvalue weighted by Gasteiger charge is 2.45. The number of benzene rings is 2. The average Bonchev–Trinajstić information content (AvgIpc) is 2.69. The molecule has 0 bridgehead atoms. The van der Waals surface area contributed by atoms with Crippen LogP contribution in [0.5, 0.6) is 5.75 Å². The fraction of sp³-hybridized carbons (Fsp3) is 0.350. The fourth-order valence-electron chi connectivity index (χ4n) is 2.59. The zero-order valence-electron chi connectivity index (χ0n) is 14.6. The smallest absolute Gasteiger partial charge is 0.304 e. The van der Waals surface area contributed by atoms with Crippen molar-refractivity contribution in [3.8, 4) is 5.75 Å². The molecule has 1 heterocycles. The Morgan fingerprint density at radius 3 is 2.42 bits per heavy atom. The minimum Gasteiger partial charge on any atom is -0.489 e. The molecule has 0 spiro atoms. The molecule has 138 valence electrons. The summed E-state index contributed by atoms with van der Waals surface area (Å²) in [5.41, 5.74) is 7.30. The first-order chi connectivity index (χ1) is 12.5. The Bertz CT molecular complexity index is 724. The Kier molecular flexibility index (Phi) is 5.68. The molecule has 2 aromatic rings. The van der Waals surface area contributed by atoms with Crippen molar-refractivity contribution in [1.29, 1.82) is 0 Å². The fourth-order valence-corrected chi connectivity index (χ4v) is 2.59. The van der Waals surface area contributed by atoms with Crippen LogP contribution in [0.15, 0.2) is 54.6 Å². The topological polar surface area (TPSA) is 91.0 Å². The molecule has 0 radical (unpaired) electrons. The van der Waals surface area contributed by atoms with E-state index in [9.17, 15) is 9.90 Å². The maximum absolute atomic E-state index is 12.5. The second-order valence-electron chi connectivity index (χ2n) is 6.50. The molecule has 2 aromatic carbocycles. The van der Waals surface area contributed by atoms with E-state index in [1.54, 1.807) is 24.3 Å². The van der Waals surface area contributed by atoms with Gasteiger partial charge in [-0.3, -0.25) is 4.79 Å². The molecular formula is C20H23NO5. The Balaban J connectivity index is 1.61. The van der Waals surface area contributed by atoms with Gasteiger partial charge in [0.1, 0.15) is 12.4 Å². The lowest BCUT2D eigenvalue weighted by Crippen LogP contribution is -2.59. The third kappa shape index (κ3) is 4.28. The van der Waals surface area contributed by atoms with Crippen LogP contribution in [0, 0.1) is 5.92 Å². The van der Waals surface area contributed by atoms with E-state index >= 15 is 0 Å². The molecule has 0 aliphatic carbocycles. The van der Waals surface area contributed by atoms with Crippen LogP contribution in [0.2, 0.25) is 0 Å². The number of Topliss-reactive ketones (excluding diaryl/α,β-unsaturated/α-hetero) is 1. The normalized spacial score (nSPS) is 24.0. The van der Waals surface area contributed by atoms with E-state index in [0.717, 1.165) is 5.56 Å². The first-order valence-electron chi connectivity index (χ1n) is 8.55. The molecule has 1 atom stereocenters. The summed E-state index contributed by atoms with van der Waals surface area (Å²) in [5, 5.41) is 10.3. The third-order valence-electron chi connectivity index (χ3n) is 4.21. The van der Waals surface area contributed by atoms with E-state index in [1.165, 1.54) is 0 Å². The van der Waals surface area contributed by atoms with Crippen LogP contribution in [-0.4, -0.2) is 36.1 Å². The largest absolute Gasteiger partial charge is 0.489 e. The molecule has 1 saturated heterocycles. The minimum absolute atomic E-state index is 0.138. The Morgan fingerprint density at radius 2 is 1.81 bits per heavy atom. The maximum Gasteiger partial charge on any atom is 0.304 e. The molecule has 0 saturated carbocycles. The molecule has 1 aliphatic heterocycles. The van der Waals surface area contributed by atoms with Crippen molar-refractivity contribution in [3.63, 3.8) is 0 Å². The number of hydrogen-bond acceptors (Lipinski definition) is 6. The van der Waals surface area contributed by atoms with Gasteiger partial charge >= 0.3 is 5.97 Å². The van der Waals surface area contributed by atoms with Gasteiger partial charge in [-0.2, -0.15) is 0 Å². The summed E-state index contributed by atoms with van der Waals surface area (Å²) in [4.78, 5) is 12.5. The number of nitrogens with two attached hydrogens (primary N) is 1. The number of rotatable bonds is 6. The summed E-state index contributed by atoms with van der Waals surface area (Å²) in [5.74, 6) is -1.78. The van der Waals surface area contributed by atoms with Crippen molar-refractivity contribution in [2.24, 2.45) is 11.7 Å². The quantitative estimate of drug-likeness (QED) is 0.770. The minimum atomic E-state index is -2.09. The third-order valence-corrected chi connectivity index (χ3v) is 4.21. The van der Waals surface area contributed by atoms with Gasteiger partial charge in [-0.25, -0.2) is 0 Å². The molecule has 1 aliphatic rings. The Hall–Kier alpha value is -2.25. The first kappa shape index (κ1) is 18.5. The van der Waals surface area contributed by atoms with Gasteiger partial charge in [0.15, 0.2) is 11.8 Å². The van der Waals surface area contributed by atoms with Crippen LogP contribution in [-0.2, 0) is 16.1 Å². The van der Waals surface area contributed by atoms with Crippen LogP contribution in [0.3, 0.4) is 0 Å². The van der Waals surface area contributed by atoms with Crippen molar-refractivity contribution in [2.75, 3.05) is 13.2 Å². The van der Waals surface area contributed by atoms with Crippen molar-refractivity contribution in [1.82, 2.24) is 0 Å². The molecule has 1 fully saturated rings. The number of hydrogen-bond donors (Lipinski definition) is 2. The van der Waals surface area contributed by atoms with Gasteiger partial charge in [-0.05, 0) is 29.8 Å². The van der Waals surface area contributed by atoms with E-state index in [2.05, 4.69) is 0 Å². The van der Waals surface area contributed by atoms with Crippen molar-refractivity contribution in [3.05, 3.63) is 65.7 Å². The predicted molar refractivity (Wildman–Crippen MR) is 95.5 cm³/mol. The van der Waals surface area contributed by atoms with E-state index in [1.807, 2.05) is 37.3 Å². The number of carbonyl (C=O) groups is 1. The van der Waals surface area contributed by atoms with E-state index in [0.29, 0.717) is 17.9 Å². The van der Waals surface area contributed by atoms with Gasteiger partial charge in [-0.15, -0.1) is 0 Å². The van der Waals surface area contributed by atoms with Gasteiger partial charge in [-0.1, -0.05) is 37.3 Å². The van der Waals surface area contributed by atoms with Gasteiger partial charge in [0, 0.05) is 11.5 Å². The SMILES string of the molecule is CC1COC(O)(C(N)C(=O)c2ccc(OCc3ccccc3)cc2)OC1. The number of carbonyl (C=O) groups excluding carboxylic acids is 1. The van der Waals surface area contributed by atoms with E-state index < -0.39 is 17.8 Å². The summed E-state index contributed by atoms with van der Waals surface area (Å²) in [6.07, 6.45) is 0. The van der Waals surface area contributed by atoms with Gasteiger partial charge < -0.3 is 25.1 Å². The highest BCUT2D eigenvalue weighted by Crippen LogP contribution is 2.24. The maximum atomic E-state index is 12.5. The molecule has 3 rings (SSSR count). The second kappa shape index (κ2) is 7.97. The van der Waals surface area contributed by atoms with Crippen LogP contribution in [0.1, 0.15) is 22.8 Å².